The maximum absolute atomic E-state index is 12.4. The number of nitrogens with one attached hydrogen (secondary N) is 1. The zero-order chi connectivity index (χ0) is 30.0. The number of ether oxygens (including phenoxy) is 1. The van der Waals surface area contributed by atoms with E-state index in [-0.39, 0.29) is 12.6 Å². The number of hydrogen-bond donors (Lipinski definition) is 2. The van der Waals surface area contributed by atoms with Crippen LogP contribution in [0.5, 0.6) is 0 Å². The van der Waals surface area contributed by atoms with Crippen LogP contribution in [0.4, 0.5) is 21.1 Å². The maximum Gasteiger partial charge on any atom is 0.410 e. The lowest BCUT2D eigenvalue weighted by atomic mass is 10.2. The van der Waals surface area contributed by atoms with Gasteiger partial charge in [0.25, 0.3) is 0 Å². The van der Waals surface area contributed by atoms with Crippen molar-refractivity contribution in [3.05, 3.63) is 77.6 Å². The summed E-state index contributed by atoms with van der Waals surface area (Å²) in [5, 5.41) is 18.8. The third-order valence-electron chi connectivity index (χ3n) is 7.89. The Morgan fingerprint density at radius 1 is 1.09 bits per heavy atom. The lowest BCUT2D eigenvalue weighted by Crippen LogP contribution is -2.35. The van der Waals surface area contributed by atoms with Crippen molar-refractivity contribution in [1.29, 1.82) is 0 Å². The van der Waals surface area contributed by atoms with E-state index in [4.69, 9.17) is 4.74 Å². The number of amides is 2. The second kappa shape index (κ2) is 11.9. The van der Waals surface area contributed by atoms with E-state index in [1.165, 1.54) is 28.1 Å². The average Bonchev–Trinajstić information content (AvgIpc) is 3.83. The Kier molecular flexibility index (Phi) is 7.45. The van der Waals surface area contributed by atoms with E-state index in [0.717, 1.165) is 44.5 Å². The van der Waals surface area contributed by atoms with Gasteiger partial charge in [0.2, 0.25) is 0 Å². The molecule has 0 saturated carbocycles. The molecule has 11 nitrogen and oxygen atoms in total. The van der Waals surface area contributed by atoms with Crippen LogP contribution < -0.4 is 5.32 Å². The van der Waals surface area contributed by atoms with Crippen molar-refractivity contribution >= 4 is 56.1 Å². The number of carboxylic acid groups (broad SMARTS) is 1. The summed E-state index contributed by atoms with van der Waals surface area (Å²) in [6.45, 7) is 2.16. The van der Waals surface area contributed by atoms with Gasteiger partial charge in [-0.1, -0.05) is 42.2 Å². The second-order valence-electron chi connectivity index (χ2n) is 10.9. The first-order chi connectivity index (χ1) is 21.5. The number of anilines is 2. The average molecular weight is 608 g/mol. The van der Waals surface area contributed by atoms with Gasteiger partial charge in [0.1, 0.15) is 18.5 Å². The van der Waals surface area contributed by atoms with Gasteiger partial charge in [-0.15, -0.1) is 11.3 Å². The molecule has 2 fully saturated rings. The lowest BCUT2D eigenvalue weighted by Gasteiger charge is -2.19. The summed E-state index contributed by atoms with van der Waals surface area (Å²) < 4.78 is 8.44. The van der Waals surface area contributed by atoms with E-state index in [0.29, 0.717) is 31.9 Å². The highest BCUT2D eigenvalue weighted by molar-refractivity contribution is 7.20. The molecule has 0 spiro atoms. The normalized spacial score (nSPS) is 18.0. The van der Waals surface area contributed by atoms with Crippen LogP contribution in [0.25, 0.3) is 21.1 Å². The van der Waals surface area contributed by atoms with Crippen LogP contribution in [-0.2, 0) is 11.3 Å². The molecule has 2 aromatic carbocycles. The van der Waals surface area contributed by atoms with Crippen LogP contribution >= 0.6 is 11.3 Å². The van der Waals surface area contributed by atoms with E-state index in [1.807, 2.05) is 53.3 Å². The molecule has 5 heterocycles. The first-order valence-corrected chi connectivity index (χ1v) is 15.3. The van der Waals surface area contributed by atoms with E-state index in [9.17, 15) is 14.7 Å². The molecule has 44 heavy (non-hydrogen) atoms. The Hall–Kier alpha value is -5.15. The molecule has 2 N–H and O–H groups in total. The van der Waals surface area contributed by atoms with Gasteiger partial charge in [0.05, 0.1) is 39.9 Å². The number of carbonyl (C=O) groups is 2. The van der Waals surface area contributed by atoms with Crippen LogP contribution in [0.1, 0.15) is 29.7 Å². The summed E-state index contributed by atoms with van der Waals surface area (Å²) in [6.07, 6.45) is 3.64. The van der Waals surface area contributed by atoms with Gasteiger partial charge >= 0.3 is 12.2 Å². The number of benzene rings is 2. The SMILES string of the molecule is O=C(O[C@@H]1C[C@H](C#Cc2cc3ncnc(Nc4ccc5c(cnn5Cc5ccccc5)c4)c3s2)N(C(=O)O)C1)N1CCCC1. The molecule has 7 rings (SSSR count). The number of rotatable bonds is 5. The Morgan fingerprint density at radius 2 is 1.93 bits per heavy atom. The summed E-state index contributed by atoms with van der Waals surface area (Å²) in [5.74, 6) is 6.89. The molecule has 2 aliphatic heterocycles. The number of fused-ring (bicyclic) bond motifs is 2. The van der Waals surface area contributed by atoms with Crippen molar-refractivity contribution in [2.24, 2.45) is 0 Å². The van der Waals surface area contributed by atoms with E-state index in [1.54, 1.807) is 4.90 Å². The van der Waals surface area contributed by atoms with Crippen LogP contribution in [0.3, 0.4) is 0 Å². The first kappa shape index (κ1) is 27.7. The fourth-order valence-electron chi connectivity index (χ4n) is 5.69. The van der Waals surface area contributed by atoms with Crippen molar-refractivity contribution in [2.45, 2.75) is 38.0 Å². The highest BCUT2D eigenvalue weighted by Gasteiger charge is 2.37. The minimum Gasteiger partial charge on any atom is -0.465 e. The van der Waals surface area contributed by atoms with E-state index >= 15 is 0 Å². The molecule has 0 unspecified atom stereocenters. The molecular weight excluding hydrogens is 578 g/mol. The zero-order valence-corrected chi connectivity index (χ0v) is 24.5. The van der Waals surface area contributed by atoms with Gasteiger partial charge in [-0.3, -0.25) is 9.58 Å². The van der Waals surface area contributed by atoms with Gasteiger partial charge in [0, 0.05) is 30.6 Å². The number of nitrogens with zero attached hydrogens (tertiary/aromatic N) is 6. The lowest BCUT2D eigenvalue weighted by molar-refractivity contribution is 0.0708. The Bertz CT molecular complexity index is 1910. The summed E-state index contributed by atoms with van der Waals surface area (Å²) in [6, 6.07) is 17.6. The topological polar surface area (TPSA) is 126 Å². The zero-order valence-electron chi connectivity index (χ0n) is 23.7. The van der Waals surface area contributed by atoms with Gasteiger partial charge in [0.15, 0.2) is 5.82 Å². The number of hydrogen-bond acceptors (Lipinski definition) is 8. The molecule has 2 saturated heterocycles. The van der Waals surface area contributed by atoms with Crippen molar-refractivity contribution in [3.63, 3.8) is 0 Å². The van der Waals surface area contributed by atoms with Crippen molar-refractivity contribution in [3.8, 4) is 11.8 Å². The molecule has 0 bridgehead atoms. The first-order valence-electron chi connectivity index (χ1n) is 14.5. The Balaban J connectivity index is 1.07. The Labute approximate surface area is 257 Å². The molecule has 2 aliphatic rings. The summed E-state index contributed by atoms with van der Waals surface area (Å²) in [4.78, 5) is 36.9. The predicted molar refractivity (Wildman–Crippen MR) is 167 cm³/mol. The molecule has 2 amide bonds. The van der Waals surface area contributed by atoms with E-state index in [2.05, 4.69) is 44.4 Å². The highest BCUT2D eigenvalue weighted by Crippen LogP contribution is 2.32. The predicted octanol–water partition coefficient (Wildman–Crippen LogP) is 5.54. The summed E-state index contributed by atoms with van der Waals surface area (Å²) >= 11 is 1.44. The second-order valence-corrected chi connectivity index (χ2v) is 11.9. The quantitative estimate of drug-likeness (QED) is 0.250. The molecule has 12 heteroatoms. The van der Waals surface area contributed by atoms with Gasteiger partial charge in [-0.2, -0.15) is 5.10 Å². The third kappa shape index (κ3) is 5.74. The van der Waals surface area contributed by atoms with Crippen LogP contribution in [0.2, 0.25) is 0 Å². The molecule has 3 aromatic heterocycles. The van der Waals surface area contributed by atoms with E-state index < -0.39 is 18.2 Å². The number of thiophene rings is 1. The molecule has 2 atom stereocenters. The van der Waals surface area contributed by atoms with Gasteiger partial charge in [-0.05, 0) is 42.7 Å². The van der Waals surface area contributed by atoms with Crippen molar-refractivity contribution in [1.82, 2.24) is 29.5 Å². The molecule has 0 radical (unpaired) electrons. The van der Waals surface area contributed by atoms with Crippen LogP contribution in [-0.4, -0.2) is 78.6 Å². The number of likely N-dealkylation sites (tertiary alicyclic amines) is 2. The largest absolute Gasteiger partial charge is 0.465 e. The Morgan fingerprint density at radius 3 is 2.75 bits per heavy atom. The van der Waals surface area contributed by atoms with Gasteiger partial charge in [-0.25, -0.2) is 19.6 Å². The molecular formula is C32H29N7O4S. The van der Waals surface area contributed by atoms with Crippen molar-refractivity contribution < 1.29 is 19.4 Å². The monoisotopic (exact) mass is 607 g/mol. The van der Waals surface area contributed by atoms with Gasteiger partial charge < -0.3 is 20.1 Å². The standard InChI is InChI=1S/C32H29N7O4S/c40-31(41)38-19-25(43-32(42)37-12-4-5-13-37)15-24(38)9-10-26-16-27-29(44-26)30(34-20-33-27)36-23-8-11-28-22(14-23)17-35-39(28)18-21-6-2-1-3-7-21/h1-3,6-8,11,14,16-17,20,24-25H,4-5,12-13,15,18-19H2,(H,40,41)(H,33,34,36)/t24-,25+/m0/s1. The number of carbonyl (C=O) groups excluding carboxylic acids is 1. The minimum absolute atomic E-state index is 0.107. The van der Waals surface area contributed by atoms with Crippen molar-refractivity contribution in [2.75, 3.05) is 25.0 Å². The van der Waals surface area contributed by atoms with Crippen LogP contribution in [0, 0.1) is 11.8 Å². The highest BCUT2D eigenvalue weighted by atomic mass is 32.1. The summed E-state index contributed by atoms with van der Waals surface area (Å²) in [5.41, 5.74) is 3.84. The fourth-order valence-corrected chi connectivity index (χ4v) is 6.61. The summed E-state index contributed by atoms with van der Waals surface area (Å²) in [7, 11) is 0. The molecule has 5 aromatic rings. The fraction of sp³-hybridized carbons (Fsp3) is 0.281. The van der Waals surface area contributed by atoms with Crippen LogP contribution in [0.15, 0.2) is 67.1 Å². The number of aromatic nitrogens is 4. The maximum atomic E-state index is 12.4. The third-order valence-corrected chi connectivity index (χ3v) is 8.94. The smallest absolute Gasteiger partial charge is 0.410 e. The minimum atomic E-state index is -1.08. The molecule has 0 aliphatic carbocycles. The molecule has 222 valence electrons.